The van der Waals surface area contributed by atoms with E-state index in [1.807, 2.05) is 24.3 Å². The third-order valence-electron chi connectivity index (χ3n) is 2.55. The van der Waals surface area contributed by atoms with Crippen LogP contribution in [0.4, 0.5) is 0 Å². The molecule has 0 fully saturated rings. The van der Waals surface area contributed by atoms with Gasteiger partial charge >= 0.3 is 0 Å². The number of pyridine rings is 2. The number of hydrogen-bond acceptors (Lipinski definition) is 2. The first-order valence-corrected chi connectivity index (χ1v) is 5.01. The molecule has 0 N–H and O–H groups in total. The van der Waals surface area contributed by atoms with Crippen LogP contribution in [-0.4, -0.2) is 9.97 Å². The molecule has 2 aromatic heterocycles. The van der Waals surface area contributed by atoms with Gasteiger partial charge in [0.1, 0.15) is 0 Å². The molecule has 2 heterocycles. The molecule has 2 nitrogen and oxygen atoms in total. The summed E-state index contributed by atoms with van der Waals surface area (Å²) in [6, 6.07) is 10.0. The first kappa shape index (κ1) is 8.36. The molecule has 0 bridgehead atoms. The second-order valence-corrected chi connectivity index (χ2v) is 3.55. The zero-order valence-corrected chi connectivity index (χ0v) is 8.22. The third-order valence-corrected chi connectivity index (χ3v) is 2.55. The van der Waals surface area contributed by atoms with E-state index >= 15 is 0 Å². The topological polar surface area (TPSA) is 25.8 Å². The fourth-order valence-electron chi connectivity index (χ4n) is 1.78. The molecule has 72 valence electrons. The lowest BCUT2D eigenvalue weighted by atomic mass is 10.2. The summed E-state index contributed by atoms with van der Waals surface area (Å²) in [6.45, 7) is 0. The van der Waals surface area contributed by atoms with Gasteiger partial charge in [0.15, 0.2) is 0 Å². The molecule has 15 heavy (non-hydrogen) atoms. The Balaban J connectivity index is 2.09. The van der Waals surface area contributed by atoms with Gasteiger partial charge in [-0.15, -0.1) is 0 Å². The minimum atomic E-state index is 0.937. The second-order valence-electron chi connectivity index (χ2n) is 3.55. The molecule has 0 spiro atoms. The van der Waals surface area contributed by atoms with Crippen molar-refractivity contribution < 1.29 is 0 Å². The van der Waals surface area contributed by atoms with Crippen molar-refractivity contribution in [3.8, 4) is 11.4 Å². The average molecular weight is 194 g/mol. The van der Waals surface area contributed by atoms with E-state index in [0.29, 0.717) is 0 Å². The number of fused-ring (bicyclic) bond motifs is 1. The second kappa shape index (κ2) is 3.31. The average Bonchev–Trinajstić information content (AvgIpc) is 2.77. The maximum Gasteiger partial charge on any atom is 0.0890 e. The fourth-order valence-corrected chi connectivity index (χ4v) is 1.78. The molecule has 2 aromatic rings. The fraction of sp³-hybridized carbons (Fsp3) is 0.0769. The molecule has 0 saturated heterocycles. The Morgan fingerprint density at radius 3 is 2.87 bits per heavy atom. The van der Waals surface area contributed by atoms with E-state index in [2.05, 4.69) is 28.2 Å². The van der Waals surface area contributed by atoms with Crippen LogP contribution in [-0.2, 0) is 6.42 Å². The van der Waals surface area contributed by atoms with Gasteiger partial charge in [-0.2, -0.15) is 0 Å². The molecule has 1 aliphatic rings. The SMILES string of the molecule is C1=Cc2ccc(-c3ccccn3)nc2C1. The van der Waals surface area contributed by atoms with E-state index in [-0.39, 0.29) is 0 Å². The van der Waals surface area contributed by atoms with Crippen LogP contribution in [0, 0.1) is 0 Å². The van der Waals surface area contributed by atoms with Crippen molar-refractivity contribution in [2.45, 2.75) is 6.42 Å². The summed E-state index contributed by atoms with van der Waals surface area (Å²) in [7, 11) is 0. The monoisotopic (exact) mass is 194 g/mol. The lowest BCUT2D eigenvalue weighted by Gasteiger charge is -2.02. The number of allylic oxidation sites excluding steroid dienone is 1. The van der Waals surface area contributed by atoms with Gasteiger partial charge in [-0.1, -0.05) is 24.3 Å². The van der Waals surface area contributed by atoms with E-state index in [1.54, 1.807) is 6.20 Å². The van der Waals surface area contributed by atoms with Gasteiger partial charge < -0.3 is 0 Å². The Morgan fingerprint density at radius 1 is 1.00 bits per heavy atom. The zero-order chi connectivity index (χ0) is 10.1. The molecule has 1 aliphatic carbocycles. The third kappa shape index (κ3) is 1.44. The molecular formula is C13H10N2. The Morgan fingerprint density at radius 2 is 2.00 bits per heavy atom. The van der Waals surface area contributed by atoms with Crippen LogP contribution in [0.2, 0.25) is 0 Å². The van der Waals surface area contributed by atoms with Crippen LogP contribution in [0.25, 0.3) is 17.5 Å². The van der Waals surface area contributed by atoms with Crippen molar-refractivity contribution in [2.75, 3.05) is 0 Å². The standard InChI is InChI=1S/C13H10N2/c1-2-9-14-12(5-1)13-8-7-10-4-3-6-11(10)15-13/h1-5,7-9H,6H2. The molecule has 0 saturated carbocycles. The van der Waals surface area contributed by atoms with Gasteiger partial charge in [0.2, 0.25) is 0 Å². The molecule has 0 radical (unpaired) electrons. The molecule has 0 unspecified atom stereocenters. The highest BCUT2D eigenvalue weighted by atomic mass is 14.8. The van der Waals surface area contributed by atoms with E-state index in [1.165, 1.54) is 5.56 Å². The molecule has 0 aromatic carbocycles. The summed E-state index contributed by atoms with van der Waals surface area (Å²) in [4.78, 5) is 8.89. The predicted octanol–water partition coefficient (Wildman–Crippen LogP) is 2.71. The first-order valence-electron chi connectivity index (χ1n) is 5.01. The highest BCUT2D eigenvalue weighted by molar-refractivity contribution is 5.62. The summed E-state index contributed by atoms with van der Waals surface area (Å²) in [6.07, 6.45) is 6.99. The quantitative estimate of drug-likeness (QED) is 0.697. The van der Waals surface area contributed by atoms with Gasteiger partial charge in [0, 0.05) is 12.6 Å². The summed E-state index contributed by atoms with van der Waals surface area (Å²) in [5, 5.41) is 0. The van der Waals surface area contributed by atoms with Crippen LogP contribution >= 0.6 is 0 Å². The Hall–Kier alpha value is -1.96. The predicted molar refractivity (Wildman–Crippen MR) is 60.2 cm³/mol. The Bertz CT molecular complexity index is 515. The highest BCUT2D eigenvalue weighted by Crippen LogP contribution is 2.21. The van der Waals surface area contributed by atoms with Crippen LogP contribution in [0.3, 0.4) is 0 Å². The van der Waals surface area contributed by atoms with E-state index in [0.717, 1.165) is 23.5 Å². The Kier molecular flexibility index (Phi) is 1.85. The van der Waals surface area contributed by atoms with Crippen LogP contribution in [0.1, 0.15) is 11.3 Å². The van der Waals surface area contributed by atoms with Crippen molar-refractivity contribution in [3.63, 3.8) is 0 Å². The zero-order valence-electron chi connectivity index (χ0n) is 8.22. The van der Waals surface area contributed by atoms with Gasteiger partial charge in [0.05, 0.1) is 17.1 Å². The van der Waals surface area contributed by atoms with Gasteiger partial charge in [0.25, 0.3) is 0 Å². The summed E-state index contributed by atoms with van der Waals surface area (Å²) >= 11 is 0. The van der Waals surface area contributed by atoms with Crippen molar-refractivity contribution in [1.82, 2.24) is 9.97 Å². The normalized spacial score (nSPS) is 12.8. The van der Waals surface area contributed by atoms with Crippen molar-refractivity contribution in [1.29, 1.82) is 0 Å². The smallest absolute Gasteiger partial charge is 0.0890 e. The highest BCUT2D eigenvalue weighted by Gasteiger charge is 2.08. The number of nitrogens with zero attached hydrogens (tertiary/aromatic N) is 2. The van der Waals surface area contributed by atoms with Crippen molar-refractivity contribution in [3.05, 3.63) is 53.9 Å². The van der Waals surface area contributed by atoms with Crippen LogP contribution < -0.4 is 0 Å². The minimum absolute atomic E-state index is 0.937. The lowest BCUT2D eigenvalue weighted by Crippen LogP contribution is -1.92. The largest absolute Gasteiger partial charge is 0.255 e. The van der Waals surface area contributed by atoms with Crippen molar-refractivity contribution in [2.24, 2.45) is 0 Å². The summed E-state index contributed by atoms with van der Waals surface area (Å²) < 4.78 is 0. The van der Waals surface area contributed by atoms with Crippen LogP contribution in [0.5, 0.6) is 0 Å². The number of aromatic nitrogens is 2. The molecule has 2 heteroatoms. The van der Waals surface area contributed by atoms with Crippen molar-refractivity contribution >= 4 is 6.08 Å². The Labute approximate surface area is 88.3 Å². The number of hydrogen-bond donors (Lipinski definition) is 0. The summed E-state index contributed by atoms with van der Waals surface area (Å²) in [5.74, 6) is 0. The van der Waals surface area contributed by atoms with Gasteiger partial charge in [-0.05, 0) is 23.8 Å². The van der Waals surface area contributed by atoms with E-state index in [4.69, 9.17) is 0 Å². The lowest BCUT2D eigenvalue weighted by molar-refractivity contribution is 1.12. The summed E-state index contributed by atoms with van der Waals surface area (Å²) in [5.41, 5.74) is 4.28. The minimum Gasteiger partial charge on any atom is -0.255 e. The molecular weight excluding hydrogens is 184 g/mol. The first-order chi connectivity index (χ1) is 7.43. The molecule has 0 atom stereocenters. The maximum atomic E-state index is 4.60. The van der Waals surface area contributed by atoms with Crippen LogP contribution in [0.15, 0.2) is 42.6 Å². The van der Waals surface area contributed by atoms with E-state index in [9.17, 15) is 0 Å². The van der Waals surface area contributed by atoms with Gasteiger partial charge in [-0.3, -0.25) is 9.97 Å². The molecule has 3 rings (SSSR count). The molecule has 0 amide bonds. The van der Waals surface area contributed by atoms with E-state index < -0.39 is 0 Å². The maximum absolute atomic E-state index is 4.60. The molecule has 0 aliphatic heterocycles. The number of rotatable bonds is 1. The van der Waals surface area contributed by atoms with Gasteiger partial charge in [-0.25, -0.2) is 0 Å².